The van der Waals surface area contributed by atoms with Gasteiger partial charge in [0.15, 0.2) is 0 Å². The molecule has 8 heteroatoms. The highest BCUT2D eigenvalue weighted by molar-refractivity contribution is 7.99. The molecule has 0 aliphatic heterocycles. The maximum absolute atomic E-state index is 13.3. The average molecular weight is 497 g/mol. The van der Waals surface area contributed by atoms with E-state index in [1.807, 2.05) is 4.68 Å². The lowest BCUT2D eigenvalue weighted by molar-refractivity contribution is 0.0792. The second-order valence-electron chi connectivity index (χ2n) is 10.5. The summed E-state index contributed by atoms with van der Waals surface area (Å²) in [6.07, 6.45) is 6.98. The van der Waals surface area contributed by atoms with Gasteiger partial charge in [0.25, 0.3) is 0 Å². The van der Waals surface area contributed by atoms with Gasteiger partial charge in [0.1, 0.15) is 12.5 Å². The Kier molecular flexibility index (Phi) is 6.82. The Hall–Kier alpha value is -2.16. The van der Waals surface area contributed by atoms with Crippen LogP contribution in [-0.2, 0) is 37.2 Å². The predicted octanol–water partition coefficient (Wildman–Crippen LogP) is 6.60. The highest BCUT2D eigenvalue weighted by atomic mass is 32.2. The number of aryl methyl sites for hydroxylation is 2. The Bertz CT molecular complexity index is 1140. The van der Waals surface area contributed by atoms with E-state index in [-0.39, 0.29) is 5.82 Å². The summed E-state index contributed by atoms with van der Waals surface area (Å²) in [4.78, 5) is 5.75. The van der Waals surface area contributed by atoms with Gasteiger partial charge in [-0.25, -0.2) is 9.07 Å². The molecule has 5 nitrogen and oxygen atoms in total. The number of aromatic nitrogens is 3. The first-order chi connectivity index (χ1) is 16.4. The quantitative estimate of drug-likeness (QED) is 0.267. The fraction of sp³-hybridized carbons (Fsp3) is 0.462. The van der Waals surface area contributed by atoms with Crippen molar-refractivity contribution in [2.24, 2.45) is 0 Å². The second kappa shape index (κ2) is 9.83. The first-order valence-corrected chi connectivity index (χ1v) is 16.8. The predicted molar refractivity (Wildman–Crippen MR) is 138 cm³/mol. The zero-order valence-corrected chi connectivity index (χ0v) is 22.1. The van der Waals surface area contributed by atoms with Gasteiger partial charge < -0.3 is 10.1 Å². The van der Waals surface area contributed by atoms with E-state index < -0.39 is 8.07 Å². The number of fused-ring (bicyclic) bond motifs is 2. The summed E-state index contributed by atoms with van der Waals surface area (Å²) >= 11 is 1.44. The lowest BCUT2D eigenvalue weighted by atomic mass is 9.99. The summed E-state index contributed by atoms with van der Waals surface area (Å²) in [5.41, 5.74) is 7.12. The minimum Gasteiger partial charge on any atom is -0.359 e. The molecule has 2 aliphatic rings. The maximum Gasteiger partial charge on any atom is 0.228 e. The van der Waals surface area contributed by atoms with Crippen LogP contribution in [0, 0.1) is 5.82 Å². The summed E-state index contributed by atoms with van der Waals surface area (Å²) < 4.78 is 21.2. The van der Waals surface area contributed by atoms with Crippen molar-refractivity contribution in [2.45, 2.75) is 81.0 Å². The Morgan fingerprint density at radius 3 is 2.35 bits per heavy atom. The van der Waals surface area contributed by atoms with Crippen LogP contribution in [0.25, 0.3) is 0 Å². The number of rotatable bonds is 9. The Morgan fingerprint density at radius 2 is 1.71 bits per heavy atom. The van der Waals surface area contributed by atoms with Gasteiger partial charge in [-0.15, -0.1) is 5.10 Å². The summed E-state index contributed by atoms with van der Waals surface area (Å²) in [5.74, 6) is 0.472. The van der Waals surface area contributed by atoms with Gasteiger partial charge in [-0.3, -0.25) is 0 Å². The first-order valence-electron chi connectivity index (χ1n) is 12.3. The molecule has 0 atom stereocenters. The zero-order valence-electron chi connectivity index (χ0n) is 20.3. The number of ether oxygens (including phenoxy) is 1. The van der Waals surface area contributed by atoms with E-state index in [2.05, 4.69) is 31.0 Å². The fourth-order valence-electron chi connectivity index (χ4n) is 4.76. The van der Waals surface area contributed by atoms with Crippen molar-refractivity contribution in [1.29, 1.82) is 0 Å². The monoisotopic (exact) mass is 496 g/mol. The molecule has 2 aromatic carbocycles. The Labute approximate surface area is 206 Å². The number of nitrogens with zero attached hydrogens (tertiary/aromatic N) is 3. The van der Waals surface area contributed by atoms with Crippen LogP contribution in [0.4, 0.5) is 16.0 Å². The molecule has 34 heavy (non-hydrogen) atoms. The van der Waals surface area contributed by atoms with Gasteiger partial charge in [-0.2, -0.15) is 4.98 Å². The zero-order chi connectivity index (χ0) is 23.7. The van der Waals surface area contributed by atoms with Crippen LogP contribution in [0.5, 0.6) is 0 Å². The second-order valence-corrected chi connectivity index (χ2v) is 17.1. The van der Waals surface area contributed by atoms with E-state index in [1.54, 1.807) is 12.1 Å². The van der Waals surface area contributed by atoms with Gasteiger partial charge in [0.2, 0.25) is 11.1 Å². The minimum atomic E-state index is -1.16. The Morgan fingerprint density at radius 1 is 1.03 bits per heavy atom. The van der Waals surface area contributed by atoms with Gasteiger partial charge in [-0.05, 0) is 103 Å². The molecule has 0 unspecified atom stereocenters. The largest absolute Gasteiger partial charge is 0.359 e. The number of halogens is 1. The SMILES string of the molecule is C[Si](C)(C)CCOCn1nc(Sc2ccc(F)cc2)nc1Nc1c2c(cc3c1CCC3)CCC2. The van der Waals surface area contributed by atoms with E-state index >= 15 is 0 Å². The van der Waals surface area contributed by atoms with Gasteiger partial charge >= 0.3 is 0 Å². The van der Waals surface area contributed by atoms with Crippen molar-refractivity contribution in [3.63, 3.8) is 0 Å². The average Bonchev–Trinajstić information content (AvgIpc) is 3.52. The summed E-state index contributed by atoms with van der Waals surface area (Å²) in [6.45, 7) is 8.15. The van der Waals surface area contributed by atoms with Crippen molar-refractivity contribution in [3.05, 3.63) is 58.4 Å². The molecular formula is C26H33FN4OSSi. The summed E-state index contributed by atoms with van der Waals surface area (Å²) in [6, 6.07) is 10.0. The van der Waals surface area contributed by atoms with Crippen molar-refractivity contribution in [2.75, 3.05) is 11.9 Å². The number of anilines is 2. The lowest BCUT2D eigenvalue weighted by Crippen LogP contribution is -2.22. The van der Waals surface area contributed by atoms with E-state index in [1.165, 1.54) is 64.7 Å². The summed E-state index contributed by atoms with van der Waals surface area (Å²) in [7, 11) is -1.16. The van der Waals surface area contributed by atoms with Gasteiger partial charge in [-0.1, -0.05) is 25.7 Å². The van der Waals surface area contributed by atoms with Crippen LogP contribution in [0.2, 0.25) is 25.7 Å². The third kappa shape index (κ3) is 5.39. The molecule has 180 valence electrons. The number of hydrogen-bond acceptors (Lipinski definition) is 5. The molecule has 0 radical (unpaired) electrons. The van der Waals surface area contributed by atoms with Crippen LogP contribution in [0.1, 0.15) is 35.1 Å². The van der Waals surface area contributed by atoms with Crippen LogP contribution in [0.15, 0.2) is 40.4 Å². The van der Waals surface area contributed by atoms with E-state index in [9.17, 15) is 4.39 Å². The standard InChI is InChI=1S/C26H33FN4OSSi/c1-34(2,3)15-14-32-17-31-25(29-26(30-31)33-21-12-10-20(27)11-13-21)28-24-22-8-4-6-18(22)16-19-7-5-9-23(19)24/h10-13,16H,4-9,14-15,17H2,1-3H3,(H,28,29,30). The smallest absolute Gasteiger partial charge is 0.228 e. The molecule has 5 rings (SSSR count). The van der Waals surface area contributed by atoms with E-state index in [4.69, 9.17) is 14.8 Å². The van der Waals surface area contributed by atoms with Crippen LogP contribution in [0.3, 0.4) is 0 Å². The Balaban J connectivity index is 1.42. The van der Waals surface area contributed by atoms with Crippen LogP contribution < -0.4 is 5.32 Å². The first kappa shape index (κ1) is 23.6. The molecule has 3 aromatic rings. The number of hydrogen-bond donors (Lipinski definition) is 1. The van der Waals surface area contributed by atoms with Gasteiger partial charge in [0.05, 0.1) is 0 Å². The molecular weight excluding hydrogens is 463 g/mol. The fourth-order valence-corrected chi connectivity index (χ4v) is 6.27. The molecule has 1 N–H and O–H groups in total. The molecule has 0 amide bonds. The third-order valence-electron chi connectivity index (χ3n) is 6.59. The molecule has 1 heterocycles. The highest BCUT2D eigenvalue weighted by Gasteiger charge is 2.25. The molecule has 0 saturated carbocycles. The topological polar surface area (TPSA) is 52.0 Å². The molecule has 0 spiro atoms. The molecule has 1 aromatic heterocycles. The molecule has 0 bridgehead atoms. The van der Waals surface area contributed by atoms with E-state index in [0.29, 0.717) is 17.8 Å². The highest BCUT2D eigenvalue weighted by Crippen LogP contribution is 2.40. The van der Waals surface area contributed by atoms with Gasteiger partial charge in [0, 0.05) is 25.3 Å². The normalized spacial score (nSPS) is 14.9. The van der Waals surface area contributed by atoms with Crippen molar-refractivity contribution in [1.82, 2.24) is 14.8 Å². The van der Waals surface area contributed by atoms with Crippen molar-refractivity contribution >= 4 is 31.5 Å². The molecule has 0 saturated heterocycles. The third-order valence-corrected chi connectivity index (χ3v) is 9.16. The van der Waals surface area contributed by atoms with E-state index in [0.717, 1.165) is 43.2 Å². The lowest BCUT2D eigenvalue weighted by Gasteiger charge is -2.18. The minimum absolute atomic E-state index is 0.243. The van der Waals surface area contributed by atoms with Crippen LogP contribution >= 0.6 is 11.8 Å². The summed E-state index contributed by atoms with van der Waals surface area (Å²) in [5, 5.41) is 9.07. The maximum atomic E-state index is 13.3. The van der Waals surface area contributed by atoms with Crippen LogP contribution in [-0.4, -0.2) is 29.4 Å². The van der Waals surface area contributed by atoms with Crippen molar-refractivity contribution < 1.29 is 9.13 Å². The number of nitrogens with one attached hydrogen (secondary N) is 1. The number of benzene rings is 2. The molecule has 0 fully saturated rings. The van der Waals surface area contributed by atoms with Crippen molar-refractivity contribution in [3.8, 4) is 0 Å². The molecule has 2 aliphatic carbocycles.